The second-order valence-electron chi connectivity index (χ2n) is 2.20. The molecule has 1 rings (SSSR count). The molecular formula is C9H8ClNaO3. The van der Waals surface area contributed by atoms with Gasteiger partial charge in [0.25, 0.3) is 0 Å². The summed E-state index contributed by atoms with van der Waals surface area (Å²) in [7, 11) is 0. The number of benzene rings is 1. The molecule has 3 nitrogen and oxygen atoms in total. The maximum atomic E-state index is 10.0. The molecule has 14 heavy (non-hydrogen) atoms. The molecule has 0 aliphatic rings. The smallest absolute Gasteiger partial charge is 0.545 e. The standard InChI is InChI=1S/C9H7ClO2.Na.H2O/c10-8-4-1-7(2-5-8)3-6-9(11)12;;/h1-6H,(H,11,12);;1H2/q;+1;/p-1/b6-3+;;. The van der Waals surface area contributed by atoms with Crippen molar-refractivity contribution in [3.05, 3.63) is 40.9 Å². The quantitative estimate of drug-likeness (QED) is 0.403. The topological polar surface area (TPSA) is 71.6 Å². The Morgan fingerprint density at radius 2 is 1.79 bits per heavy atom. The van der Waals surface area contributed by atoms with Crippen molar-refractivity contribution in [3.8, 4) is 0 Å². The van der Waals surface area contributed by atoms with E-state index in [2.05, 4.69) is 0 Å². The number of hydrogen-bond donors (Lipinski definition) is 0. The molecule has 0 radical (unpaired) electrons. The minimum Gasteiger partial charge on any atom is -0.545 e. The van der Waals surface area contributed by atoms with E-state index in [9.17, 15) is 9.90 Å². The third-order valence-electron chi connectivity index (χ3n) is 1.28. The summed E-state index contributed by atoms with van der Waals surface area (Å²) in [5, 5.41) is 10.6. The molecule has 0 bridgehead atoms. The van der Waals surface area contributed by atoms with Gasteiger partial charge in [0.2, 0.25) is 0 Å². The largest absolute Gasteiger partial charge is 1.00 e. The van der Waals surface area contributed by atoms with Crippen LogP contribution in [-0.4, -0.2) is 11.4 Å². The predicted octanol–water partition coefficient (Wildman–Crippen LogP) is -2.72. The molecule has 0 heterocycles. The van der Waals surface area contributed by atoms with E-state index in [0.717, 1.165) is 11.6 Å². The second kappa shape index (κ2) is 8.03. The molecule has 1 aromatic carbocycles. The van der Waals surface area contributed by atoms with Crippen molar-refractivity contribution < 1.29 is 44.9 Å². The molecule has 0 atom stereocenters. The normalized spacial score (nSPS) is 8.93. The maximum absolute atomic E-state index is 10.0. The Bertz CT molecular complexity index is 308. The third kappa shape index (κ3) is 6.18. The predicted molar refractivity (Wildman–Crippen MR) is 49.1 cm³/mol. The Morgan fingerprint density at radius 1 is 1.29 bits per heavy atom. The van der Waals surface area contributed by atoms with Crippen molar-refractivity contribution >= 4 is 23.6 Å². The number of carbonyl (C=O) groups is 1. The first kappa shape index (κ1) is 16.1. The number of carboxylic acids is 1. The van der Waals surface area contributed by atoms with Gasteiger partial charge >= 0.3 is 29.6 Å². The van der Waals surface area contributed by atoms with E-state index in [0.29, 0.717) is 5.02 Å². The van der Waals surface area contributed by atoms with Crippen LogP contribution in [0.2, 0.25) is 5.02 Å². The first-order valence-electron chi connectivity index (χ1n) is 3.33. The van der Waals surface area contributed by atoms with Crippen molar-refractivity contribution in [2.75, 3.05) is 0 Å². The van der Waals surface area contributed by atoms with Crippen LogP contribution in [-0.2, 0) is 4.79 Å². The number of carbonyl (C=O) groups excluding carboxylic acids is 1. The number of rotatable bonds is 2. The van der Waals surface area contributed by atoms with Crippen LogP contribution in [0.5, 0.6) is 0 Å². The van der Waals surface area contributed by atoms with Crippen LogP contribution in [0, 0.1) is 0 Å². The summed E-state index contributed by atoms with van der Waals surface area (Å²) in [6.07, 6.45) is 2.43. The summed E-state index contributed by atoms with van der Waals surface area (Å²) in [6.45, 7) is 0. The SMILES string of the molecule is O.O=C([O-])/C=C/c1ccc(Cl)cc1.[Na+]. The Labute approximate surface area is 109 Å². The Morgan fingerprint density at radius 3 is 2.21 bits per heavy atom. The van der Waals surface area contributed by atoms with Crippen LogP contribution < -0.4 is 34.7 Å². The monoisotopic (exact) mass is 222 g/mol. The maximum Gasteiger partial charge on any atom is 1.00 e. The first-order valence-corrected chi connectivity index (χ1v) is 3.71. The summed E-state index contributed by atoms with van der Waals surface area (Å²) in [4.78, 5) is 10.0. The average Bonchev–Trinajstić information content (AvgIpc) is 2.03. The molecule has 0 aromatic heterocycles. The molecule has 0 aliphatic heterocycles. The van der Waals surface area contributed by atoms with Crippen LogP contribution in [0.4, 0.5) is 0 Å². The molecule has 2 N–H and O–H groups in total. The van der Waals surface area contributed by atoms with Crippen LogP contribution >= 0.6 is 11.6 Å². The summed E-state index contributed by atoms with van der Waals surface area (Å²) < 4.78 is 0. The summed E-state index contributed by atoms with van der Waals surface area (Å²) >= 11 is 5.62. The van der Waals surface area contributed by atoms with E-state index < -0.39 is 5.97 Å². The van der Waals surface area contributed by atoms with Gasteiger partial charge in [-0.15, -0.1) is 0 Å². The van der Waals surface area contributed by atoms with Crippen LogP contribution in [0.25, 0.3) is 6.08 Å². The molecule has 0 saturated heterocycles. The number of carboxylic acid groups (broad SMARTS) is 1. The fraction of sp³-hybridized carbons (Fsp3) is 0. The Kier molecular flexibility index (Phi) is 9.24. The molecule has 70 valence electrons. The van der Waals surface area contributed by atoms with E-state index >= 15 is 0 Å². The van der Waals surface area contributed by atoms with Crippen molar-refractivity contribution in [1.82, 2.24) is 0 Å². The second-order valence-corrected chi connectivity index (χ2v) is 2.64. The molecule has 1 aromatic rings. The van der Waals surface area contributed by atoms with Crippen molar-refractivity contribution in [2.24, 2.45) is 0 Å². The van der Waals surface area contributed by atoms with E-state index in [1.807, 2.05) is 0 Å². The summed E-state index contributed by atoms with van der Waals surface area (Å²) in [5.74, 6) is -1.20. The zero-order chi connectivity index (χ0) is 8.97. The molecule has 0 amide bonds. The molecule has 0 spiro atoms. The van der Waals surface area contributed by atoms with Gasteiger partial charge in [-0.1, -0.05) is 29.8 Å². The van der Waals surface area contributed by atoms with Crippen molar-refractivity contribution in [1.29, 1.82) is 0 Å². The molecule has 0 aliphatic carbocycles. The zero-order valence-electron chi connectivity index (χ0n) is 7.66. The van der Waals surface area contributed by atoms with Crippen molar-refractivity contribution in [2.45, 2.75) is 0 Å². The van der Waals surface area contributed by atoms with Gasteiger partial charge in [0.05, 0.1) is 5.97 Å². The fourth-order valence-corrected chi connectivity index (χ4v) is 0.864. The van der Waals surface area contributed by atoms with Gasteiger partial charge in [0, 0.05) is 5.02 Å². The third-order valence-corrected chi connectivity index (χ3v) is 1.53. The summed E-state index contributed by atoms with van der Waals surface area (Å²) in [5.41, 5.74) is 0.781. The van der Waals surface area contributed by atoms with E-state index in [1.165, 1.54) is 6.08 Å². The number of hydrogen-bond acceptors (Lipinski definition) is 2. The van der Waals surface area contributed by atoms with E-state index in [-0.39, 0.29) is 35.0 Å². The fourth-order valence-electron chi connectivity index (χ4n) is 0.738. The minimum atomic E-state index is -1.20. The number of halogens is 1. The molecular weight excluding hydrogens is 215 g/mol. The van der Waals surface area contributed by atoms with Gasteiger partial charge in [0.15, 0.2) is 0 Å². The van der Waals surface area contributed by atoms with Gasteiger partial charge in [-0.25, -0.2) is 0 Å². The van der Waals surface area contributed by atoms with E-state index in [1.54, 1.807) is 24.3 Å². The van der Waals surface area contributed by atoms with Crippen LogP contribution in [0.15, 0.2) is 30.3 Å². The van der Waals surface area contributed by atoms with Gasteiger partial charge in [-0.3, -0.25) is 0 Å². The van der Waals surface area contributed by atoms with Crippen LogP contribution in [0.3, 0.4) is 0 Å². The number of aliphatic carboxylic acids is 1. The first-order chi connectivity index (χ1) is 5.68. The van der Waals surface area contributed by atoms with Crippen molar-refractivity contribution in [3.63, 3.8) is 0 Å². The van der Waals surface area contributed by atoms with Gasteiger partial charge in [-0.05, 0) is 23.8 Å². The molecule has 0 unspecified atom stereocenters. The average molecular weight is 223 g/mol. The molecule has 0 fully saturated rings. The van der Waals surface area contributed by atoms with Gasteiger partial charge in [0.1, 0.15) is 0 Å². The minimum absolute atomic E-state index is 0. The van der Waals surface area contributed by atoms with Gasteiger partial charge in [-0.2, -0.15) is 0 Å². The molecule has 5 heteroatoms. The zero-order valence-corrected chi connectivity index (χ0v) is 10.4. The Hall–Kier alpha value is -0.320. The van der Waals surface area contributed by atoms with E-state index in [4.69, 9.17) is 11.6 Å². The Balaban J connectivity index is 0. The summed E-state index contributed by atoms with van der Waals surface area (Å²) in [6, 6.07) is 6.83. The molecule has 0 saturated carbocycles. The van der Waals surface area contributed by atoms with Crippen LogP contribution in [0.1, 0.15) is 5.56 Å². The van der Waals surface area contributed by atoms with Gasteiger partial charge < -0.3 is 15.4 Å².